The van der Waals surface area contributed by atoms with Gasteiger partial charge in [0.1, 0.15) is 23.9 Å². The Morgan fingerprint density at radius 3 is 2.88 bits per heavy atom. The van der Waals surface area contributed by atoms with E-state index in [4.69, 9.17) is 13.9 Å². The molecule has 0 N–H and O–H groups in total. The Hall–Kier alpha value is -2.34. The Kier molecular flexibility index (Phi) is 4.44. The standard InChI is InChI=1S/C19H20FNO4/c20-13-4-6-14(7-5-13)24-12-15-8-9-18(25-15)19(22)21-10-11-23-17-3-1-2-16(17)21/h4-9,16-17H,1-3,10-12H2/t16-,17+/m1/s1. The summed E-state index contributed by atoms with van der Waals surface area (Å²) in [4.78, 5) is 14.6. The van der Waals surface area contributed by atoms with E-state index in [2.05, 4.69) is 0 Å². The molecular weight excluding hydrogens is 325 g/mol. The molecule has 5 nitrogen and oxygen atoms in total. The van der Waals surface area contributed by atoms with E-state index < -0.39 is 0 Å². The molecule has 2 aromatic rings. The summed E-state index contributed by atoms with van der Waals surface area (Å²) in [5.41, 5.74) is 0. The number of furan rings is 1. The van der Waals surface area contributed by atoms with Crippen molar-refractivity contribution >= 4 is 5.91 Å². The number of nitrogens with zero attached hydrogens (tertiary/aromatic N) is 1. The molecule has 1 amide bonds. The van der Waals surface area contributed by atoms with Gasteiger partial charge in [0.25, 0.3) is 5.91 Å². The minimum absolute atomic E-state index is 0.0896. The van der Waals surface area contributed by atoms with Gasteiger partial charge in [0.05, 0.1) is 18.8 Å². The molecule has 0 unspecified atom stereocenters. The van der Waals surface area contributed by atoms with Crippen molar-refractivity contribution in [2.45, 2.75) is 38.0 Å². The fraction of sp³-hybridized carbons (Fsp3) is 0.421. The summed E-state index contributed by atoms with van der Waals surface area (Å²) < 4.78 is 29.8. The van der Waals surface area contributed by atoms with E-state index in [1.807, 2.05) is 4.90 Å². The minimum atomic E-state index is -0.311. The number of amides is 1. The lowest BCUT2D eigenvalue weighted by atomic mass is 10.1. The fourth-order valence-corrected chi connectivity index (χ4v) is 3.58. The molecule has 1 aromatic heterocycles. The van der Waals surface area contributed by atoms with Gasteiger partial charge >= 0.3 is 0 Å². The third kappa shape index (κ3) is 3.39. The molecule has 1 saturated heterocycles. The molecule has 0 bridgehead atoms. The molecule has 0 radical (unpaired) electrons. The minimum Gasteiger partial charge on any atom is -0.486 e. The van der Waals surface area contributed by atoms with Gasteiger partial charge in [0.2, 0.25) is 0 Å². The first-order valence-corrected chi connectivity index (χ1v) is 8.60. The summed E-state index contributed by atoms with van der Waals surface area (Å²) in [5, 5.41) is 0. The van der Waals surface area contributed by atoms with E-state index >= 15 is 0 Å². The lowest BCUT2D eigenvalue weighted by Gasteiger charge is -2.37. The molecule has 2 heterocycles. The van der Waals surface area contributed by atoms with Crippen molar-refractivity contribution in [1.29, 1.82) is 0 Å². The maximum Gasteiger partial charge on any atom is 0.289 e. The van der Waals surface area contributed by atoms with Crippen LogP contribution in [0.15, 0.2) is 40.8 Å². The Labute approximate surface area is 145 Å². The molecule has 1 aliphatic heterocycles. The molecule has 2 atom stereocenters. The van der Waals surface area contributed by atoms with Crippen molar-refractivity contribution in [2.24, 2.45) is 0 Å². The molecule has 132 valence electrons. The van der Waals surface area contributed by atoms with Crippen molar-refractivity contribution in [3.8, 4) is 5.75 Å². The number of morpholine rings is 1. The monoisotopic (exact) mass is 345 g/mol. The summed E-state index contributed by atoms with van der Waals surface area (Å²) in [7, 11) is 0. The predicted octanol–water partition coefficient (Wildman–Crippen LogP) is 3.39. The average Bonchev–Trinajstić information content (AvgIpc) is 3.29. The zero-order valence-corrected chi connectivity index (χ0v) is 13.8. The molecule has 6 heteroatoms. The number of benzene rings is 1. The molecule has 25 heavy (non-hydrogen) atoms. The van der Waals surface area contributed by atoms with Gasteiger partial charge < -0.3 is 18.8 Å². The van der Waals surface area contributed by atoms with Gasteiger partial charge in [-0.2, -0.15) is 0 Å². The van der Waals surface area contributed by atoms with E-state index in [1.54, 1.807) is 24.3 Å². The molecule has 1 saturated carbocycles. The van der Waals surface area contributed by atoms with E-state index in [-0.39, 0.29) is 30.5 Å². The molecule has 2 fully saturated rings. The third-order valence-electron chi connectivity index (χ3n) is 4.81. The fourth-order valence-electron chi connectivity index (χ4n) is 3.58. The molecule has 2 aliphatic rings. The van der Waals surface area contributed by atoms with Crippen LogP contribution < -0.4 is 4.74 Å². The number of hydrogen-bond donors (Lipinski definition) is 0. The van der Waals surface area contributed by atoms with Crippen LogP contribution >= 0.6 is 0 Å². The predicted molar refractivity (Wildman–Crippen MR) is 87.9 cm³/mol. The van der Waals surface area contributed by atoms with Crippen LogP contribution in [0.3, 0.4) is 0 Å². The van der Waals surface area contributed by atoms with Gasteiger partial charge in [0.15, 0.2) is 5.76 Å². The van der Waals surface area contributed by atoms with Gasteiger partial charge in [-0.3, -0.25) is 4.79 Å². The number of fused-ring (bicyclic) bond motifs is 1. The smallest absolute Gasteiger partial charge is 0.289 e. The van der Waals surface area contributed by atoms with Crippen LogP contribution in [0, 0.1) is 5.82 Å². The Balaban J connectivity index is 1.40. The summed E-state index contributed by atoms with van der Waals surface area (Å²) in [6, 6.07) is 9.36. The number of ether oxygens (including phenoxy) is 2. The lowest BCUT2D eigenvalue weighted by molar-refractivity contribution is -0.0454. The lowest BCUT2D eigenvalue weighted by Crippen LogP contribution is -2.51. The Bertz CT molecular complexity index is 742. The normalized spacial score (nSPS) is 22.7. The molecular formula is C19H20FNO4. The van der Waals surface area contributed by atoms with Crippen LogP contribution in [-0.4, -0.2) is 36.1 Å². The highest BCUT2D eigenvalue weighted by atomic mass is 19.1. The second kappa shape index (κ2) is 6.88. The highest BCUT2D eigenvalue weighted by Crippen LogP contribution is 2.31. The number of carbonyl (C=O) groups excluding carboxylic acids is 1. The highest BCUT2D eigenvalue weighted by molar-refractivity contribution is 5.92. The first kappa shape index (κ1) is 16.1. The Morgan fingerprint density at radius 2 is 2.04 bits per heavy atom. The average molecular weight is 345 g/mol. The van der Waals surface area contributed by atoms with Crippen LogP contribution in [-0.2, 0) is 11.3 Å². The number of halogens is 1. The van der Waals surface area contributed by atoms with E-state index in [9.17, 15) is 9.18 Å². The third-order valence-corrected chi connectivity index (χ3v) is 4.81. The summed E-state index contributed by atoms with van der Waals surface area (Å²) in [5.74, 6) is 1.03. The SMILES string of the molecule is O=C(c1ccc(COc2ccc(F)cc2)o1)N1CCO[C@H]2CCC[C@H]21. The van der Waals surface area contributed by atoms with Crippen LogP contribution in [0.1, 0.15) is 35.6 Å². The van der Waals surface area contributed by atoms with Gasteiger partial charge in [-0.05, 0) is 55.7 Å². The van der Waals surface area contributed by atoms with Crippen LogP contribution in [0.4, 0.5) is 4.39 Å². The largest absolute Gasteiger partial charge is 0.486 e. The number of hydrogen-bond acceptors (Lipinski definition) is 4. The molecule has 1 aromatic carbocycles. The molecule has 0 spiro atoms. The van der Waals surface area contributed by atoms with Gasteiger partial charge in [-0.1, -0.05) is 0 Å². The quantitative estimate of drug-likeness (QED) is 0.852. The van der Waals surface area contributed by atoms with E-state index in [1.165, 1.54) is 12.1 Å². The van der Waals surface area contributed by atoms with Gasteiger partial charge in [-0.25, -0.2) is 4.39 Å². The second-order valence-electron chi connectivity index (χ2n) is 6.41. The van der Waals surface area contributed by atoms with Crippen molar-refractivity contribution in [3.63, 3.8) is 0 Å². The zero-order chi connectivity index (χ0) is 17.2. The first-order valence-electron chi connectivity index (χ1n) is 8.60. The van der Waals surface area contributed by atoms with Crippen molar-refractivity contribution < 1.29 is 23.1 Å². The van der Waals surface area contributed by atoms with Crippen molar-refractivity contribution in [2.75, 3.05) is 13.2 Å². The number of carbonyl (C=O) groups is 1. The zero-order valence-electron chi connectivity index (χ0n) is 13.8. The summed E-state index contributed by atoms with van der Waals surface area (Å²) >= 11 is 0. The topological polar surface area (TPSA) is 51.9 Å². The maximum atomic E-state index is 12.9. The van der Waals surface area contributed by atoms with Crippen molar-refractivity contribution in [3.05, 3.63) is 53.7 Å². The van der Waals surface area contributed by atoms with E-state index in [0.29, 0.717) is 30.4 Å². The van der Waals surface area contributed by atoms with Crippen LogP contribution in [0.5, 0.6) is 5.75 Å². The van der Waals surface area contributed by atoms with E-state index in [0.717, 1.165) is 19.3 Å². The first-order chi connectivity index (χ1) is 12.2. The summed E-state index contributed by atoms with van der Waals surface area (Å²) in [6.07, 6.45) is 3.25. The Morgan fingerprint density at radius 1 is 1.20 bits per heavy atom. The van der Waals surface area contributed by atoms with Gasteiger partial charge in [0, 0.05) is 6.54 Å². The number of rotatable bonds is 4. The molecule has 4 rings (SSSR count). The molecule has 1 aliphatic carbocycles. The van der Waals surface area contributed by atoms with Crippen molar-refractivity contribution in [1.82, 2.24) is 4.90 Å². The summed E-state index contributed by atoms with van der Waals surface area (Å²) in [6.45, 7) is 1.37. The maximum absolute atomic E-state index is 12.9. The van der Waals surface area contributed by atoms with Crippen LogP contribution in [0.2, 0.25) is 0 Å². The van der Waals surface area contributed by atoms with Crippen LogP contribution in [0.25, 0.3) is 0 Å². The van der Waals surface area contributed by atoms with Gasteiger partial charge in [-0.15, -0.1) is 0 Å². The second-order valence-corrected chi connectivity index (χ2v) is 6.41. The highest BCUT2D eigenvalue weighted by Gasteiger charge is 2.39.